The van der Waals surface area contributed by atoms with Crippen LogP contribution in [0.15, 0.2) is 24.3 Å². The minimum atomic E-state index is -4.60. The van der Waals surface area contributed by atoms with Crippen molar-refractivity contribution in [1.29, 1.82) is 0 Å². The van der Waals surface area contributed by atoms with Crippen LogP contribution in [0.25, 0.3) is 0 Å². The predicted octanol–water partition coefficient (Wildman–Crippen LogP) is 4.07. The van der Waals surface area contributed by atoms with Crippen LogP contribution in [0.2, 0.25) is 0 Å². The van der Waals surface area contributed by atoms with Gasteiger partial charge >= 0.3 is 18.0 Å². The number of carbonyl (C=O) groups excluding carboxylic acids is 2. The van der Waals surface area contributed by atoms with Gasteiger partial charge in [0.15, 0.2) is 0 Å². The average Bonchev–Trinajstić information content (AvgIpc) is 2.74. The van der Waals surface area contributed by atoms with E-state index in [0.717, 1.165) is 31.4 Å². The molecule has 2 fully saturated rings. The van der Waals surface area contributed by atoms with Crippen LogP contribution in [0.3, 0.4) is 0 Å². The molecule has 26 heavy (non-hydrogen) atoms. The molecular formula is C19H23F3N2O2. The molecule has 1 aliphatic carbocycles. The third-order valence-electron chi connectivity index (χ3n) is 5.35. The monoisotopic (exact) mass is 368 g/mol. The Bertz CT molecular complexity index is 745. The lowest BCUT2D eigenvalue weighted by Gasteiger charge is -2.39. The largest absolute Gasteiger partial charge is 0.418 e. The Morgan fingerprint density at radius 3 is 2.46 bits per heavy atom. The zero-order valence-corrected chi connectivity index (χ0v) is 15.1. The molecule has 2 aliphatic rings. The molecule has 0 radical (unpaired) electrons. The van der Waals surface area contributed by atoms with Crippen LogP contribution in [0.4, 0.5) is 18.9 Å². The predicted molar refractivity (Wildman–Crippen MR) is 91.3 cm³/mol. The van der Waals surface area contributed by atoms with Crippen LogP contribution < -0.4 is 5.32 Å². The number of alkyl halides is 3. The molecule has 0 spiro atoms. The molecule has 2 unspecified atom stereocenters. The van der Waals surface area contributed by atoms with Crippen LogP contribution in [-0.2, 0) is 15.8 Å². The van der Waals surface area contributed by atoms with Crippen LogP contribution >= 0.6 is 0 Å². The number of likely N-dealkylation sites (tertiary alicyclic amines) is 1. The second-order valence-corrected chi connectivity index (χ2v) is 8.64. The summed E-state index contributed by atoms with van der Waals surface area (Å²) in [5.41, 5.74) is -1.33. The average molecular weight is 368 g/mol. The van der Waals surface area contributed by atoms with Gasteiger partial charge in [0.2, 0.25) is 0 Å². The van der Waals surface area contributed by atoms with Crippen molar-refractivity contribution in [2.45, 2.75) is 52.3 Å². The summed E-state index contributed by atoms with van der Waals surface area (Å²) in [6.07, 6.45) is -2.03. The topological polar surface area (TPSA) is 49.4 Å². The SMILES string of the molecule is CC1(C)CC2CC(C)(CN2C(=O)C(=O)Nc2ccccc2C(F)(F)F)C1. The van der Waals surface area contributed by atoms with E-state index in [2.05, 4.69) is 26.1 Å². The number of anilines is 1. The highest BCUT2D eigenvalue weighted by Gasteiger charge is 2.51. The number of halogens is 3. The molecule has 2 amide bonds. The molecular weight excluding hydrogens is 345 g/mol. The first-order chi connectivity index (χ1) is 11.9. The van der Waals surface area contributed by atoms with Crippen LogP contribution in [-0.4, -0.2) is 29.3 Å². The molecule has 1 aromatic rings. The lowest BCUT2D eigenvalue weighted by Crippen LogP contribution is -2.43. The first-order valence-corrected chi connectivity index (χ1v) is 8.68. The standard InChI is InChI=1S/C19H23F3N2O2/c1-17(2)8-12-9-18(3,10-17)11-24(12)16(26)15(25)23-14-7-5-4-6-13(14)19(20,21)22/h4-7,12H,8-11H2,1-3H3,(H,23,25). The Hall–Kier alpha value is -2.05. The molecule has 1 aliphatic heterocycles. The number of amides is 2. The lowest BCUT2D eigenvalue weighted by molar-refractivity contribution is -0.144. The van der Waals surface area contributed by atoms with Gasteiger partial charge in [0.05, 0.1) is 11.3 Å². The summed E-state index contributed by atoms with van der Waals surface area (Å²) in [4.78, 5) is 26.5. The van der Waals surface area contributed by atoms with Crippen LogP contribution in [0, 0.1) is 10.8 Å². The normalized spacial score (nSPS) is 27.3. The van der Waals surface area contributed by atoms with Gasteiger partial charge in [-0.3, -0.25) is 9.59 Å². The Labute approximate surface area is 150 Å². The second kappa shape index (κ2) is 5.99. The number of fused-ring (bicyclic) bond motifs is 2. The fourth-order valence-corrected chi connectivity index (χ4v) is 4.84. The molecule has 1 saturated heterocycles. The van der Waals surface area contributed by atoms with E-state index in [1.807, 2.05) is 0 Å². The van der Waals surface area contributed by atoms with Gasteiger partial charge in [-0.15, -0.1) is 0 Å². The Balaban J connectivity index is 1.77. The summed E-state index contributed by atoms with van der Waals surface area (Å²) in [6, 6.07) is 4.63. The molecule has 1 N–H and O–H groups in total. The number of para-hydroxylation sites is 1. The fraction of sp³-hybridized carbons (Fsp3) is 0.579. The Morgan fingerprint density at radius 1 is 1.15 bits per heavy atom. The number of hydrogen-bond donors (Lipinski definition) is 1. The van der Waals surface area contributed by atoms with Gasteiger partial charge in [-0.2, -0.15) is 13.2 Å². The first kappa shape index (κ1) is 18.7. The quantitative estimate of drug-likeness (QED) is 0.760. The minimum Gasteiger partial charge on any atom is -0.331 e. The van der Waals surface area contributed by atoms with Crippen molar-refractivity contribution in [3.05, 3.63) is 29.8 Å². The van der Waals surface area contributed by atoms with Crippen molar-refractivity contribution in [1.82, 2.24) is 4.90 Å². The highest BCUT2D eigenvalue weighted by Crippen LogP contribution is 2.52. The maximum absolute atomic E-state index is 13.1. The van der Waals surface area contributed by atoms with Crippen molar-refractivity contribution < 1.29 is 22.8 Å². The number of carbonyl (C=O) groups is 2. The van der Waals surface area contributed by atoms with Gasteiger partial charge in [0, 0.05) is 12.6 Å². The molecule has 2 atom stereocenters. The van der Waals surface area contributed by atoms with Crippen molar-refractivity contribution >= 4 is 17.5 Å². The van der Waals surface area contributed by atoms with Gasteiger partial charge in [-0.1, -0.05) is 32.9 Å². The van der Waals surface area contributed by atoms with Crippen molar-refractivity contribution in [2.75, 3.05) is 11.9 Å². The first-order valence-electron chi connectivity index (χ1n) is 8.68. The third-order valence-corrected chi connectivity index (χ3v) is 5.35. The number of nitrogens with zero attached hydrogens (tertiary/aromatic N) is 1. The molecule has 3 rings (SSSR count). The van der Waals surface area contributed by atoms with E-state index in [1.165, 1.54) is 12.1 Å². The highest BCUT2D eigenvalue weighted by atomic mass is 19.4. The van der Waals surface area contributed by atoms with E-state index >= 15 is 0 Å². The van der Waals surface area contributed by atoms with Crippen molar-refractivity contribution in [3.63, 3.8) is 0 Å². The summed E-state index contributed by atoms with van der Waals surface area (Å²) in [5, 5.41) is 2.16. The van der Waals surface area contributed by atoms with Crippen LogP contribution in [0.5, 0.6) is 0 Å². The third kappa shape index (κ3) is 3.57. The molecule has 7 heteroatoms. The molecule has 0 aromatic heterocycles. The van der Waals surface area contributed by atoms with Gasteiger partial charge < -0.3 is 10.2 Å². The molecule has 1 saturated carbocycles. The van der Waals surface area contributed by atoms with Crippen molar-refractivity contribution in [2.24, 2.45) is 10.8 Å². The van der Waals surface area contributed by atoms with E-state index in [4.69, 9.17) is 0 Å². The summed E-state index contributed by atoms with van der Waals surface area (Å²) in [6.45, 7) is 6.86. The van der Waals surface area contributed by atoms with Gasteiger partial charge in [-0.05, 0) is 42.2 Å². The maximum atomic E-state index is 13.1. The minimum absolute atomic E-state index is 0.0418. The van der Waals surface area contributed by atoms with Crippen LogP contribution in [0.1, 0.15) is 45.6 Å². The van der Waals surface area contributed by atoms with E-state index in [0.29, 0.717) is 6.54 Å². The van der Waals surface area contributed by atoms with E-state index in [1.54, 1.807) is 4.90 Å². The zero-order chi connectivity index (χ0) is 19.3. The van der Waals surface area contributed by atoms with Crippen molar-refractivity contribution in [3.8, 4) is 0 Å². The number of benzene rings is 1. The van der Waals surface area contributed by atoms with E-state index in [-0.39, 0.29) is 16.9 Å². The highest BCUT2D eigenvalue weighted by molar-refractivity contribution is 6.39. The van der Waals surface area contributed by atoms with Gasteiger partial charge in [-0.25, -0.2) is 0 Å². The lowest BCUT2D eigenvalue weighted by atomic mass is 9.65. The Kier molecular flexibility index (Phi) is 4.32. The molecule has 1 heterocycles. The number of rotatable bonds is 1. The second-order valence-electron chi connectivity index (χ2n) is 8.64. The number of nitrogens with one attached hydrogen (secondary N) is 1. The molecule has 4 nitrogen and oxygen atoms in total. The smallest absolute Gasteiger partial charge is 0.331 e. The Morgan fingerprint density at radius 2 is 1.81 bits per heavy atom. The number of hydrogen-bond acceptors (Lipinski definition) is 2. The molecule has 142 valence electrons. The van der Waals surface area contributed by atoms with Gasteiger partial charge in [0.1, 0.15) is 0 Å². The summed E-state index contributed by atoms with van der Waals surface area (Å²) < 4.78 is 39.2. The molecule has 1 aromatic carbocycles. The summed E-state index contributed by atoms with van der Waals surface area (Å²) in [5.74, 6) is -1.77. The van der Waals surface area contributed by atoms with E-state index in [9.17, 15) is 22.8 Å². The fourth-order valence-electron chi connectivity index (χ4n) is 4.84. The zero-order valence-electron chi connectivity index (χ0n) is 15.1. The summed E-state index contributed by atoms with van der Waals surface area (Å²) >= 11 is 0. The van der Waals surface area contributed by atoms with Gasteiger partial charge in [0.25, 0.3) is 0 Å². The molecule has 2 bridgehead atoms. The maximum Gasteiger partial charge on any atom is 0.418 e. The van der Waals surface area contributed by atoms with E-state index < -0.39 is 29.2 Å². The summed E-state index contributed by atoms with van der Waals surface area (Å²) in [7, 11) is 0.